The first kappa shape index (κ1) is 11.1. The molecule has 84 valence electrons. The first-order valence-electron chi connectivity index (χ1n) is 4.19. The lowest BCUT2D eigenvalue weighted by Gasteiger charge is -1.96. The highest BCUT2D eigenvalue weighted by molar-refractivity contribution is 7.88. The van der Waals surface area contributed by atoms with Gasteiger partial charge in [0.05, 0.1) is 0 Å². The Labute approximate surface area is 95.8 Å². The molecule has 0 aliphatic heterocycles. The smallest absolute Gasteiger partial charge is 0.304 e. The van der Waals surface area contributed by atoms with E-state index in [0.29, 0.717) is 10.4 Å². The number of thiophene rings is 1. The van der Waals surface area contributed by atoms with E-state index in [4.69, 9.17) is 9.66 Å². The van der Waals surface area contributed by atoms with E-state index in [0.717, 1.165) is 11.3 Å². The molecule has 0 amide bonds. The standard InChI is InChI=1S/C9H7NO4S2/c11-8-5-6(3-4-10-8)7-1-2-9(15-7)16(12,13)14/h1-5H,(H,10,11)(H,12,13,14). The van der Waals surface area contributed by atoms with Crippen LogP contribution in [0.15, 0.2) is 34.7 Å². The zero-order valence-corrected chi connectivity index (χ0v) is 9.49. The summed E-state index contributed by atoms with van der Waals surface area (Å²) in [5.41, 5.74) is 0.646. The second-order valence-electron chi connectivity index (χ2n) is 3.00. The molecule has 0 saturated carbocycles. The monoisotopic (exact) mass is 257 g/mol. The van der Waals surface area contributed by atoms with Gasteiger partial charge in [0.25, 0.3) is 0 Å². The van der Waals surface area contributed by atoms with E-state index in [1.165, 1.54) is 18.3 Å². The number of pyridine rings is 1. The summed E-state index contributed by atoms with van der Waals surface area (Å²) in [6.07, 6.45) is 1.41. The van der Waals surface area contributed by atoms with E-state index < -0.39 is 10.1 Å². The van der Waals surface area contributed by atoms with E-state index in [1.54, 1.807) is 12.1 Å². The Morgan fingerprint density at radius 2 is 2.00 bits per heavy atom. The molecule has 2 aromatic heterocycles. The summed E-state index contributed by atoms with van der Waals surface area (Å²) in [5, 5.41) is 9.17. The normalized spacial score (nSPS) is 11.6. The number of hydrogen-bond acceptors (Lipinski definition) is 5. The van der Waals surface area contributed by atoms with Crippen molar-refractivity contribution in [3.63, 3.8) is 0 Å². The molecular formula is C9H7NO4S2. The van der Waals surface area contributed by atoms with Crippen LogP contribution in [0.4, 0.5) is 0 Å². The molecule has 2 rings (SSSR count). The minimum atomic E-state index is -4.16. The molecule has 0 fully saturated rings. The lowest BCUT2D eigenvalue weighted by Crippen LogP contribution is -1.92. The van der Waals surface area contributed by atoms with Gasteiger partial charge in [-0.3, -0.25) is 4.55 Å². The molecule has 2 N–H and O–H groups in total. The summed E-state index contributed by atoms with van der Waals surface area (Å²) in [6, 6.07) is 5.92. The molecule has 16 heavy (non-hydrogen) atoms. The van der Waals surface area contributed by atoms with Gasteiger partial charge in [0.15, 0.2) is 0 Å². The van der Waals surface area contributed by atoms with Crippen LogP contribution in [0.3, 0.4) is 0 Å². The minimum Gasteiger partial charge on any atom is -0.493 e. The van der Waals surface area contributed by atoms with Gasteiger partial charge < -0.3 is 5.11 Å². The number of rotatable bonds is 2. The average Bonchev–Trinajstić information content (AvgIpc) is 2.65. The highest BCUT2D eigenvalue weighted by Crippen LogP contribution is 2.31. The Hall–Kier alpha value is -1.44. The largest absolute Gasteiger partial charge is 0.493 e. The van der Waals surface area contributed by atoms with E-state index in [9.17, 15) is 8.42 Å². The lowest BCUT2D eigenvalue weighted by atomic mass is 10.2. The van der Waals surface area contributed by atoms with Gasteiger partial charge in [-0.1, -0.05) is 0 Å². The van der Waals surface area contributed by atoms with Gasteiger partial charge in [0, 0.05) is 17.1 Å². The van der Waals surface area contributed by atoms with Crippen LogP contribution in [0.25, 0.3) is 10.4 Å². The number of nitrogens with zero attached hydrogens (tertiary/aromatic N) is 1. The maximum atomic E-state index is 10.8. The fourth-order valence-corrected chi connectivity index (χ4v) is 2.85. The van der Waals surface area contributed by atoms with Crippen LogP contribution in [0.2, 0.25) is 0 Å². The number of aromatic hydroxyl groups is 1. The minimum absolute atomic E-state index is 0.126. The number of hydrogen-bond donors (Lipinski definition) is 2. The van der Waals surface area contributed by atoms with Crippen LogP contribution < -0.4 is 0 Å². The zero-order valence-electron chi connectivity index (χ0n) is 7.86. The summed E-state index contributed by atoms with van der Waals surface area (Å²) >= 11 is 0.925. The van der Waals surface area contributed by atoms with Crippen LogP contribution in [0.5, 0.6) is 5.88 Å². The Balaban J connectivity index is 2.47. The van der Waals surface area contributed by atoms with Crippen molar-refractivity contribution in [3.05, 3.63) is 30.5 Å². The van der Waals surface area contributed by atoms with Crippen molar-refractivity contribution in [3.8, 4) is 16.3 Å². The summed E-state index contributed by atoms with van der Waals surface area (Å²) in [7, 11) is -4.16. The predicted octanol–water partition coefficient (Wildman–Crippen LogP) is 1.76. The van der Waals surface area contributed by atoms with Crippen LogP contribution in [-0.2, 0) is 10.1 Å². The molecule has 0 aromatic carbocycles. The number of aromatic nitrogens is 1. The summed E-state index contributed by atoms with van der Waals surface area (Å²) in [5.74, 6) is -0.140. The quantitative estimate of drug-likeness (QED) is 0.800. The van der Waals surface area contributed by atoms with Crippen molar-refractivity contribution in [2.24, 2.45) is 0 Å². The van der Waals surface area contributed by atoms with Crippen LogP contribution in [0.1, 0.15) is 0 Å². The third-order valence-corrected chi connectivity index (χ3v) is 4.32. The molecule has 0 aliphatic carbocycles. The van der Waals surface area contributed by atoms with Crippen molar-refractivity contribution in [2.75, 3.05) is 0 Å². The fourth-order valence-electron chi connectivity index (χ4n) is 1.19. The maximum absolute atomic E-state index is 10.8. The van der Waals surface area contributed by atoms with E-state index in [2.05, 4.69) is 4.98 Å². The molecule has 0 unspecified atom stereocenters. The first-order valence-corrected chi connectivity index (χ1v) is 6.45. The van der Waals surface area contributed by atoms with Crippen molar-refractivity contribution in [1.82, 2.24) is 4.98 Å². The van der Waals surface area contributed by atoms with Crippen molar-refractivity contribution < 1.29 is 18.1 Å². The Morgan fingerprint density at radius 3 is 2.56 bits per heavy atom. The summed E-state index contributed by atoms with van der Waals surface area (Å²) < 4.78 is 30.4. The summed E-state index contributed by atoms with van der Waals surface area (Å²) in [4.78, 5) is 4.24. The van der Waals surface area contributed by atoms with E-state index in [-0.39, 0.29) is 10.1 Å². The van der Waals surface area contributed by atoms with E-state index in [1.807, 2.05) is 0 Å². The third-order valence-electron chi connectivity index (χ3n) is 1.87. The molecular weight excluding hydrogens is 250 g/mol. The van der Waals surface area contributed by atoms with Crippen LogP contribution >= 0.6 is 11.3 Å². The average molecular weight is 257 g/mol. The molecule has 0 radical (unpaired) electrons. The second kappa shape index (κ2) is 3.85. The molecule has 0 bridgehead atoms. The van der Waals surface area contributed by atoms with Gasteiger partial charge in [-0.25, -0.2) is 4.98 Å². The van der Waals surface area contributed by atoms with Crippen molar-refractivity contribution in [2.45, 2.75) is 4.21 Å². The summed E-state index contributed by atoms with van der Waals surface area (Å²) in [6.45, 7) is 0. The molecule has 0 saturated heterocycles. The molecule has 2 aromatic rings. The molecule has 0 atom stereocenters. The molecule has 5 nitrogen and oxygen atoms in total. The van der Waals surface area contributed by atoms with Gasteiger partial charge in [0.2, 0.25) is 5.88 Å². The fraction of sp³-hybridized carbons (Fsp3) is 0. The Morgan fingerprint density at radius 1 is 1.25 bits per heavy atom. The zero-order chi connectivity index (χ0) is 11.8. The van der Waals surface area contributed by atoms with Gasteiger partial charge in [-0.2, -0.15) is 8.42 Å². The highest BCUT2D eigenvalue weighted by Gasteiger charge is 2.13. The van der Waals surface area contributed by atoms with Gasteiger partial charge in [-0.15, -0.1) is 11.3 Å². The second-order valence-corrected chi connectivity index (χ2v) is 5.73. The SMILES string of the molecule is O=S(=O)(O)c1ccc(-c2ccnc(O)c2)s1. The lowest BCUT2D eigenvalue weighted by molar-refractivity contribution is 0.454. The first-order chi connectivity index (χ1) is 7.47. The molecule has 7 heteroatoms. The van der Waals surface area contributed by atoms with Gasteiger partial charge in [-0.05, 0) is 23.8 Å². The van der Waals surface area contributed by atoms with Crippen LogP contribution in [0, 0.1) is 0 Å². The Kier molecular flexibility index (Phi) is 2.66. The van der Waals surface area contributed by atoms with Crippen LogP contribution in [-0.4, -0.2) is 23.1 Å². The molecule has 0 spiro atoms. The third kappa shape index (κ3) is 2.21. The highest BCUT2D eigenvalue weighted by atomic mass is 32.3. The van der Waals surface area contributed by atoms with Gasteiger partial charge >= 0.3 is 10.1 Å². The van der Waals surface area contributed by atoms with Crippen molar-refractivity contribution in [1.29, 1.82) is 0 Å². The molecule has 2 heterocycles. The molecule has 0 aliphatic rings. The van der Waals surface area contributed by atoms with E-state index >= 15 is 0 Å². The Bertz CT molecular complexity index is 618. The van der Waals surface area contributed by atoms with Crippen molar-refractivity contribution >= 4 is 21.5 Å². The predicted molar refractivity (Wildman–Crippen MR) is 59.0 cm³/mol. The maximum Gasteiger partial charge on any atom is 0.304 e. The van der Waals surface area contributed by atoms with Gasteiger partial charge in [0.1, 0.15) is 4.21 Å². The topological polar surface area (TPSA) is 87.5 Å².